The molecule has 0 amide bonds. The molecule has 30 heavy (non-hydrogen) atoms. The molecule has 0 saturated carbocycles. The Kier molecular flexibility index (Phi) is 5.38. The Labute approximate surface area is 177 Å². The Hall–Kier alpha value is -3.07. The van der Waals surface area contributed by atoms with Gasteiger partial charge >= 0.3 is 5.69 Å². The number of nitrogens with zero attached hydrogens (tertiary/aromatic N) is 4. The Morgan fingerprint density at radius 3 is 2.53 bits per heavy atom. The largest absolute Gasteiger partial charge is 0.384 e. The predicted octanol–water partition coefficient (Wildman–Crippen LogP) is 1.71. The van der Waals surface area contributed by atoms with Crippen LogP contribution in [0, 0.1) is 0 Å². The second-order valence-corrected chi connectivity index (χ2v) is 8.29. The fourth-order valence-electron chi connectivity index (χ4n) is 3.78. The van der Waals surface area contributed by atoms with Crippen LogP contribution in [-0.4, -0.2) is 30.2 Å². The zero-order valence-electron chi connectivity index (χ0n) is 16.9. The number of imidazole rings is 1. The molecule has 2 heterocycles. The maximum Gasteiger partial charge on any atom is 0.332 e. The Morgan fingerprint density at radius 1 is 1.10 bits per heavy atom. The van der Waals surface area contributed by atoms with E-state index < -0.39 is 17.0 Å². The number of hydrogen-bond donors (Lipinski definition) is 1. The smallest absolute Gasteiger partial charge is 0.332 e. The Morgan fingerprint density at radius 2 is 1.80 bits per heavy atom. The number of thioether (sulfide) groups is 1. The number of hydrogen-bond acceptors (Lipinski definition) is 6. The molecule has 9 heteroatoms. The summed E-state index contributed by atoms with van der Waals surface area (Å²) in [5.74, 6) is -0.533. The number of Topliss-reactive ketones (excluding diaryl/α,β-unsaturated/α-hetero) is 1. The number of carbonyl (C=O) groups is 1. The Balaban J connectivity index is 1.69. The maximum atomic E-state index is 12.9. The molecular weight excluding hydrogens is 402 g/mol. The van der Waals surface area contributed by atoms with Crippen LogP contribution in [0.2, 0.25) is 0 Å². The van der Waals surface area contributed by atoms with E-state index in [1.54, 1.807) is 0 Å². The van der Waals surface area contributed by atoms with Crippen molar-refractivity contribution < 1.29 is 4.79 Å². The Bertz CT molecular complexity index is 1240. The van der Waals surface area contributed by atoms with Crippen molar-refractivity contribution in [2.75, 3.05) is 11.5 Å². The average Bonchev–Trinajstić information content (AvgIpc) is 3.14. The minimum Gasteiger partial charge on any atom is -0.384 e. The first-order valence-corrected chi connectivity index (χ1v) is 10.8. The third-order valence-corrected chi connectivity index (χ3v) is 6.38. The molecule has 0 bridgehead atoms. The summed E-state index contributed by atoms with van der Waals surface area (Å²) < 4.78 is 4.12. The lowest BCUT2D eigenvalue weighted by Crippen LogP contribution is -2.41. The molecule has 2 N–H and O–H groups in total. The van der Waals surface area contributed by atoms with Crippen LogP contribution in [0.1, 0.15) is 34.6 Å². The summed E-state index contributed by atoms with van der Waals surface area (Å²) in [7, 11) is 2.78. The van der Waals surface area contributed by atoms with Crippen molar-refractivity contribution in [2.24, 2.45) is 14.1 Å². The molecule has 0 aliphatic heterocycles. The van der Waals surface area contributed by atoms with Crippen molar-refractivity contribution in [1.29, 1.82) is 0 Å². The van der Waals surface area contributed by atoms with Crippen molar-refractivity contribution in [3.8, 4) is 5.69 Å². The van der Waals surface area contributed by atoms with E-state index in [1.807, 2.05) is 30.3 Å². The van der Waals surface area contributed by atoms with Gasteiger partial charge < -0.3 is 5.73 Å². The van der Waals surface area contributed by atoms with Gasteiger partial charge in [0.15, 0.2) is 10.9 Å². The van der Waals surface area contributed by atoms with Crippen LogP contribution in [0.3, 0.4) is 0 Å². The van der Waals surface area contributed by atoms with E-state index in [-0.39, 0.29) is 17.1 Å². The molecule has 1 aliphatic carbocycles. The highest BCUT2D eigenvalue weighted by atomic mass is 32.2. The van der Waals surface area contributed by atoms with E-state index in [0.717, 1.165) is 51.4 Å². The van der Waals surface area contributed by atoms with Crippen LogP contribution in [0.4, 0.5) is 5.82 Å². The molecule has 8 nitrogen and oxygen atoms in total. The van der Waals surface area contributed by atoms with Crippen LogP contribution in [-0.2, 0) is 26.9 Å². The van der Waals surface area contributed by atoms with Gasteiger partial charge in [-0.25, -0.2) is 9.78 Å². The number of benzene rings is 1. The molecule has 1 aromatic carbocycles. The van der Waals surface area contributed by atoms with E-state index in [0.29, 0.717) is 0 Å². The quantitative estimate of drug-likeness (QED) is 0.493. The van der Waals surface area contributed by atoms with Gasteiger partial charge in [-0.05, 0) is 37.8 Å². The van der Waals surface area contributed by atoms with Crippen molar-refractivity contribution >= 4 is 23.4 Å². The van der Waals surface area contributed by atoms with Gasteiger partial charge in [-0.15, -0.1) is 0 Å². The second kappa shape index (κ2) is 7.98. The maximum absolute atomic E-state index is 12.9. The van der Waals surface area contributed by atoms with Crippen molar-refractivity contribution in [2.45, 2.75) is 30.8 Å². The highest BCUT2D eigenvalue weighted by Gasteiger charge is 2.24. The van der Waals surface area contributed by atoms with E-state index >= 15 is 0 Å². The highest BCUT2D eigenvalue weighted by Crippen LogP contribution is 2.31. The monoisotopic (exact) mass is 425 g/mol. The first kappa shape index (κ1) is 20.2. The number of nitrogen functional groups attached to an aromatic ring is 1. The molecule has 0 spiro atoms. The summed E-state index contributed by atoms with van der Waals surface area (Å²) in [6, 6.07) is 9.94. The number of aryl methyl sites for hydroxylation is 1. The molecule has 0 saturated heterocycles. The van der Waals surface area contributed by atoms with Gasteiger partial charge in [0.1, 0.15) is 11.4 Å². The van der Waals surface area contributed by atoms with Gasteiger partial charge in [0.05, 0.1) is 11.4 Å². The van der Waals surface area contributed by atoms with Gasteiger partial charge in [0.2, 0.25) is 0 Å². The number of ketones is 1. The molecular formula is C21H23N5O3S. The summed E-state index contributed by atoms with van der Waals surface area (Å²) in [6.45, 7) is 0. The lowest BCUT2D eigenvalue weighted by Gasteiger charge is -2.15. The molecule has 4 rings (SSSR count). The summed E-state index contributed by atoms with van der Waals surface area (Å²) in [6.07, 6.45) is 4.08. The molecule has 0 radical (unpaired) electrons. The first-order chi connectivity index (χ1) is 14.4. The van der Waals surface area contributed by atoms with Crippen LogP contribution in [0.25, 0.3) is 5.69 Å². The number of fused-ring (bicyclic) bond motifs is 1. The average molecular weight is 426 g/mol. The van der Waals surface area contributed by atoms with Gasteiger partial charge in [0, 0.05) is 25.5 Å². The second-order valence-electron chi connectivity index (χ2n) is 7.34. The van der Waals surface area contributed by atoms with Gasteiger partial charge in [-0.2, -0.15) is 0 Å². The molecule has 0 unspecified atom stereocenters. The number of para-hydroxylation sites is 1. The lowest BCUT2D eigenvalue weighted by molar-refractivity contribution is 0.102. The molecule has 1 aliphatic rings. The third kappa shape index (κ3) is 3.39. The third-order valence-electron chi connectivity index (χ3n) is 5.44. The number of aromatic nitrogens is 4. The number of carbonyl (C=O) groups excluding carboxylic acids is 1. The summed E-state index contributed by atoms with van der Waals surface area (Å²) in [5, 5.41) is 0.724. The molecule has 156 valence electrons. The zero-order chi connectivity index (χ0) is 21.4. The van der Waals surface area contributed by atoms with Crippen LogP contribution in [0.15, 0.2) is 45.1 Å². The highest BCUT2D eigenvalue weighted by molar-refractivity contribution is 7.99. The minimum absolute atomic E-state index is 0.000368. The number of rotatable bonds is 5. The van der Waals surface area contributed by atoms with E-state index in [9.17, 15) is 14.4 Å². The molecule has 0 atom stereocenters. The predicted molar refractivity (Wildman–Crippen MR) is 117 cm³/mol. The van der Waals surface area contributed by atoms with Crippen molar-refractivity contribution in [3.05, 3.63) is 68.1 Å². The summed E-state index contributed by atoms with van der Waals surface area (Å²) >= 11 is 1.28. The van der Waals surface area contributed by atoms with Crippen molar-refractivity contribution in [3.63, 3.8) is 0 Å². The normalized spacial score (nSPS) is 13.3. The SMILES string of the molecule is Cn1c(N)c(C(=O)CSc2nc3c(n2-c2ccccc2)CCCC3)c(=O)n(C)c1=O. The zero-order valence-corrected chi connectivity index (χ0v) is 17.7. The molecule has 0 fully saturated rings. The first-order valence-electron chi connectivity index (χ1n) is 9.77. The van der Waals surface area contributed by atoms with E-state index in [1.165, 1.54) is 31.6 Å². The van der Waals surface area contributed by atoms with Crippen LogP contribution < -0.4 is 17.0 Å². The number of nitrogens with two attached hydrogens (primary N) is 1. The summed E-state index contributed by atoms with van der Waals surface area (Å²) in [5.41, 5.74) is 7.78. The standard InChI is InChI=1S/C21H23N5O3S/c1-24-18(22)17(19(28)25(2)21(24)29)16(27)12-30-20-23-14-10-6-7-11-15(14)26(20)13-8-4-3-5-9-13/h3-5,8-9H,6-7,10-12,22H2,1-2H3. The van der Waals surface area contributed by atoms with Gasteiger partial charge in [0.25, 0.3) is 5.56 Å². The van der Waals surface area contributed by atoms with E-state index in [4.69, 9.17) is 10.7 Å². The van der Waals surface area contributed by atoms with E-state index in [2.05, 4.69) is 4.57 Å². The summed E-state index contributed by atoms with van der Waals surface area (Å²) in [4.78, 5) is 42.2. The fraction of sp³-hybridized carbons (Fsp3) is 0.333. The minimum atomic E-state index is -0.674. The van der Waals surface area contributed by atoms with Crippen LogP contribution in [0.5, 0.6) is 0 Å². The fourth-order valence-corrected chi connectivity index (χ4v) is 4.70. The topological polar surface area (TPSA) is 105 Å². The lowest BCUT2D eigenvalue weighted by atomic mass is 10.0. The molecule has 3 aromatic rings. The van der Waals surface area contributed by atoms with Crippen LogP contribution >= 0.6 is 11.8 Å². The van der Waals surface area contributed by atoms with Crippen molar-refractivity contribution in [1.82, 2.24) is 18.7 Å². The van der Waals surface area contributed by atoms with Gasteiger partial charge in [-0.3, -0.25) is 23.3 Å². The van der Waals surface area contributed by atoms with Gasteiger partial charge in [-0.1, -0.05) is 30.0 Å². The molecule has 2 aromatic heterocycles. The number of anilines is 1.